The van der Waals surface area contributed by atoms with Gasteiger partial charge in [0.1, 0.15) is 5.75 Å². The molecule has 0 aliphatic carbocycles. The number of likely N-dealkylation sites (tertiary alicyclic amines) is 1. The molecule has 144 valence electrons. The van der Waals surface area contributed by atoms with Gasteiger partial charge in [0.05, 0.1) is 0 Å². The summed E-state index contributed by atoms with van der Waals surface area (Å²) in [5.41, 5.74) is 2.45. The number of para-hydroxylation sites is 1. The van der Waals surface area contributed by atoms with Gasteiger partial charge in [0.25, 0.3) is 5.91 Å². The van der Waals surface area contributed by atoms with Crippen molar-refractivity contribution in [3.63, 3.8) is 0 Å². The Kier molecular flexibility index (Phi) is 7.28. The average molecular weight is 367 g/mol. The van der Waals surface area contributed by atoms with E-state index in [1.807, 2.05) is 37.3 Å². The van der Waals surface area contributed by atoms with Crippen molar-refractivity contribution in [3.8, 4) is 5.75 Å². The predicted octanol–water partition coefficient (Wildman–Crippen LogP) is 4.15. The lowest BCUT2D eigenvalue weighted by Gasteiger charge is -2.26. The molecule has 4 heteroatoms. The summed E-state index contributed by atoms with van der Waals surface area (Å²) in [7, 11) is 0. The van der Waals surface area contributed by atoms with Crippen molar-refractivity contribution in [1.29, 1.82) is 0 Å². The molecule has 1 N–H and O–H groups in total. The van der Waals surface area contributed by atoms with Gasteiger partial charge in [-0.15, -0.1) is 0 Å². The minimum atomic E-state index is -0.467. The van der Waals surface area contributed by atoms with Crippen molar-refractivity contribution in [2.45, 2.75) is 51.8 Å². The molecule has 0 aromatic heterocycles. The van der Waals surface area contributed by atoms with Gasteiger partial charge in [-0.2, -0.15) is 0 Å². The van der Waals surface area contributed by atoms with Crippen LogP contribution in [0.2, 0.25) is 0 Å². The molecule has 0 radical (unpaired) electrons. The minimum Gasteiger partial charge on any atom is -0.481 e. The molecule has 0 unspecified atom stereocenters. The highest BCUT2D eigenvalue weighted by atomic mass is 16.5. The molecule has 1 heterocycles. The van der Waals surface area contributed by atoms with Crippen molar-refractivity contribution >= 4 is 5.91 Å². The highest BCUT2D eigenvalue weighted by Crippen LogP contribution is 2.15. The number of amides is 1. The SMILES string of the molecule is CC[C@H](Oc1ccccc1)C(=O)NCc1ccc(CN2CCCCC2)cc1. The van der Waals surface area contributed by atoms with E-state index in [1.54, 1.807) is 0 Å². The average Bonchev–Trinajstić information content (AvgIpc) is 2.73. The van der Waals surface area contributed by atoms with Crippen LogP contribution in [0.15, 0.2) is 54.6 Å². The van der Waals surface area contributed by atoms with Gasteiger partial charge in [-0.05, 0) is 55.6 Å². The monoisotopic (exact) mass is 366 g/mol. The summed E-state index contributed by atoms with van der Waals surface area (Å²) in [4.78, 5) is 15.0. The van der Waals surface area contributed by atoms with Crippen molar-refractivity contribution in [1.82, 2.24) is 10.2 Å². The summed E-state index contributed by atoms with van der Waals surface area (Å²) in [5, 5.41) is 3.00. The van der Waals surface area contributed by atoms with Crippen LogP contribution >= 0.6 is 0 Å². The molecule has 1 aliphatic rings. The van der Waals surface area contributed by atoms with Gasteiger partial charge in [0.15, 0.2) is 6.10 Å². The van der Waals surface area contributed by atoms with E-state index >= 15 is 0 Å². The molecule has 0 saturated carbocycles. The van der Waals surface area contributed by atoms with E-state index in [9.17, 15) is 4.79 Å². The number of nitrogens with one attached hydrogen (secondary N) is 1. The third kappa shape index (κ3) is 6.10. The van der Waals surface area contributed by atoms with E-state index in [-0.39, 0.29) is 5.91 Å². The van der Waals surface area contributed by atoms with Crippen LogP contribution in [0, 0.1) is 0 Å². The van der Waals surface area contributed by atoms with E-state index in [0.717, 1.165) is 17.9 Å². The van der Waals surface area contributed by atoms with E-state index < -0.39 is 6.10 Å². The van der Waals surface area contributed by atoms with Crippen LogP contribution in [-0.2, 0) is 17.9 Å². The highest BCUT2D eigenvalue weighted by Gasteiger charge is 2.18. The molecule has 1 fully saturated rings. The maximum Gasteiger partial charge on any atom is 0.261 e. The van der Waals surface area contributed by atoms with Crippen LogP contribution in [0.5, 0.6) is 5.75 Å². The largest absolute Gasteiger partial charge is 0.481 e. The lowest BCUT2D eigenvalue weighted by atomic mass is 10.1. The predicted molar refractivity (Wildman–Crippen MR) is 109 cm³/mol. The molecule has 4 nitrogen and oxygen atoms in total. The smallest absolute Gasteiger partial charge is 0.261 e. The van der Waals surface area contributed by atoms with E-state index in [1.165, 1.54) is 37.9 Å². The molecule has 2 aromatic rings. The first-order valence-electron chi connectivity index (χ1n) is 10.0. The van der Waals surface area contributed by atoms with Gasteiger partial charge in [0, 0.05) is 13.1 Å². The number of ether oxygens (including phenoxy) is 1. The Morgan fingerprint density at radius 1 is 1.00 bits per heavy atom. The van der Waals surface area contributed by atoms with Gasteiger partial charge in [0.2, 0.25) is 0 Å². The zero-order valence-electron chi connectivity index (χ0n) is 16.2. The summed E-state index contributed by atoms with van der Waals surface area (Å²) in [5.74, 6) is 0.653. The molecule has 1 aliphatic heterocycles. The Morgan fingerprint density at radius 2 is 1.67 bits per heavy atom. The first kappa shape index (κ1) is 19.4. The molecular weight excluding hydrogens is 336 g/mol. The number of carbonyl (C=O) groups excluding carboxylic acids is 1. The van der Waals surface area contributed by atoms with Crippen LogP contribution in [-0.4, -0.2) is 30.0 Å². The topological polar surface area (TPSA) is 41.6 Å². The quantitative estimate of drug-likeness (QED) is 0.763. The minimum absolute atomic E-state index is 0.0706. The van der Waals surface area contributed by atoms with Crippen LogP contribution < -0.4 is 10.1 Å². The summed E-state index contributed by atoms with van der Waals surface area (Å²) in [6.45, 7) is 5.92. The Morgan fingerprint density at radius 3 is 2.33 bits per heavy atom. The van der Waals surface area contributed by atoms with E-state index in [4.69, 9.17) is 4.74 Å². The van der Waals surface area contributed by atoms with Crippen LogP contribution in [0.4, 0.5) is 0 Å². The van der Waals surface area contributed by atoms with Crippen LogP contribution in [0.3, 0.4) is 0 Å². The zero-order valence-corrected chi connectivity index (χ0v) is 16.2. The molecular formula is C23H30N2O2. The normalized spacial score (nSPS) is 15.9. The van der Waals surface area contributed by atoms with Gasteiger partial charge in [-0.1, -0.05) is 55.8 Å². The summed E-state index contributed by atoms with van der Waals surface area (Å²) in [6.07, 6.45) is 4.16. The van der Waals surface area contributed by atoms with Crippen molar-refractivity contribution in [2.75, 3.05) is 13.1 Å². The molecule has 27 heavy (non-hydrogen) atoms. The standard InChI is InChI=1S/C23H30N2O2/c1-2-22(27-21-9-5-3-6-10-21)23(26)24-17-19-11-13-20(14-12-19)18-25-15-7-4-8-16-25/h3,5-6,9-14,22H,2,4,7-8,15-18H2,1H3,(H,24,26)/t22-/m0/s1. The number of hydrogen-bond donors (Lipinski definition) is 1. The van der Waals surface area contributed by atoms with Gasteiger partial charge in [-0.25, -0.2) is 0 Å². The summed E-state index contributed by atoms with van der Waals surface area (Å²) < 4.78 is 5.80. The van der Waals surface area contributed by atoms with Crippen molar-refractivity contribution in [3.05, 3.63) is 65.7 Å². The number of piperidine rings is 1. The van der Waals surface area contributed by atoms with Crippen LogP contribution in [0.1, 0.15) is 43.7 Å². The molecule has 1 atom stereocenters. The second kappa shape index (κ2) is 10.1. The molecule has 2 aromatic carbocycles. The lowest BCUT2D eigenvalue weighted by Crippen LogP contribution is -2.37. The third-order valence-electron chi connectivity index (χ3n) is 5.03. The summed E-state index contributed by atoms with van der Waals surface area (Å²) in [6, 6.07) is 18.1. The highest BCUT2D eigenvalue weighted by molar-refractivity contribution is 5.81. The molecule has 3 rings (SSSR count). The van der Waals surface area contributed by atoms with Gasteiger partial charge < -0.3 is 10.1 Å². The number of nitrogens with zero attached hydrogens (tertiary/aromatic N) is 1. The second-order valence-corrected chi connectivity index (χ2v) is 7.20. The number of rotatable bonds is 8. The Bertz CT molecular complexity index is 694. The Balaban J connectivity index is 1.47. The molecule has 1 saturated heterocycles. The fourth-order valence-corrected chi connectivity index (χ4v) is 3.43. The molecule has 0 bridgehead atoms. The fourth-order valence-electron chi connectivity index (χ4n) is 3.43. The second-order valence-electron chi connectivity index (χ2n) is 7.20. The number of carbonyl (C=O) groups is 1. The number of hydrogen-bond acceptors (Lipinski definition) is 3. The fraction of sp³-hybridized carbons (Fsp3) is 0.435. The van der Waals surface area contributed by atoms with Gasteiger partial charge in [-0.3, -0.25) is 9.69 Å². The zero-order chi connectivity index (χ0) is 18.9. The Hall–Kier alpha value is -2.33. The van der Waals surface area contributed by atoms with Gasteiger partial charge >= 0.3 is 0 Å². The third-order valence-corrected chi connectivity index (χ3v) is 5.03. The van der Waals surface area contributed by atoms with E-state index in [0.29, 0.717) is 13.0 Å². The maximum atomic E-state index is 12.4. The first-order chi connectivity index (χ1) is 13.2. The van der Waals surface area contributed by atoms with Crippen molar-refractivity contribution in [2.24, 2.45) is 0 Å². The van der Waals surface area contributed by atoms with Crippen molar-refractivity contribution < 1.29 is 9.53 Å². The Labute approximate surface area is 162 Å². The lowest BCUT2D eigenvalue weighted by molar-refractivity contribution is -0.128. The summed E-state index contributed by atoms with van der Waals surface area (Å²) >= 11 is 0. The maximum absolute atomic E-state index is 12.4. The molecule has 0 spiro atoms. The molecule has 1 amide bonds. The number of benzene rings is 2. The van der Waals surface area contributed by atoms with E-state index in [2.05, 4.69) is 34.5 Å². The van der Waals surface area contributed by atoms with Crippen LogP contribution in [0.25, 0.3) is 0 Å². The first-order valence-corrected chi connectivity index (χ1v) is 10.0.